The van der Waals surface area contributed by atoms with E-state index in [0.717, 1.165) is 23.3 Å². The number of carbonyl (C=O) groups is 1. The highest BCUT2D eigenvalue weighted by molar-refractivity contribution is 7.16. The fourth-order valence-corrected chi connectivity index (χ4v) is 4.62. The fraction of sp³-hybridized carbons (Fsp3) is 0.333. The molecule has 0 atom stereocenters. The van der Waals surface area contributed by atoms with Gasteiger partial charge in [-0.25, -0.2) is 0 Å². The molecule has 0 unspecified atom stereocenters. The van der Waals surface area contributed by atoms with Crippen LogP contribution in [-0.2, 0) is 6.54 Å². The zero-order valence-corrected chi connectivity index (χ0v) is 16.2. The second-order valence-corrected chi connectivity index (χ2v) is 7.84. The number of nitrogens with one attached hydrogen (secondary N) is 1. The number of amides is 1. The molecule has 0 bridgehead atoms. The summed E-state index contributed by atoms with van der Waals surface area (Å²) in [5.74, 6) is -0.137. The van der Waals surface area contributed by atoms with Crippen molar-refractivity contribution in [2.75, 3.05) is 23.3 Å². The average Bonchev–Trinajstić information content (AvgIpc) is 3.03. The Balaban J connectivity index is 1.50. The first-order valence-corrected chi connectivity index (χ1v) is 10.3. The Bertz CT molecular complexity index is 1010. The first-order chi connectivity index (χ1) is 13.2. The number of hydrogen-bond donors (Lipinski definition) is 1. The van der Waals surface area contributed by atoms with Gasteiger partial charge < -0.3 is 10.2 Å². The Hall–Kier alpha value is -2.60. The molecule has 1 amide bonds. The van der Waals surface area contributed by atoms with Gasteiger partial charge in [0, 0.05) is 36.6 Å². The second kappa shape index (κ2) is 7.56. The van der Waals surface area contributed by atoms with Gasteiger partial charge in [0.1, 0.15) is 0 Å². The van der Waals surface area contributed by atoms with Crippen LogP contribution in [0.4, 0.5) is 11.4 Å². The van der Waals surface area contributed by atoms with Crippen LogP contribution >= 0.6 is 11.3 Å². The van der Waals surface area contributed by atoms with Crippen molar-refractivity contribution in [1.29, 1.82) is 0 Å². The Morgan fingerprint density at radius 3 is 2.52 bits per heavy atom. The lowest BCUT2D eigenvalue weighted by atomic mass is 10.1. The summed E-state index contributed by atoms with van der Waals surface area (Å²) < 4.78 is 2.63. The number of nitrogens with zero attached hydrogens (tertiary/aromatic N) is 2. The molecule has 1 N–H and O–H groups in total. The molecule has 0 spiro atoms. The molecule has 1 aromatic heterocycles. The van der Waals surface area contributed by atoms with Gasteiger partial charge in [0.05, 0.1) is 10.2 Å². The molecule has 27 heavy (non-hydrogen) atoms. The molecular weight excluding hydrogens is 358 g/mol. The molecule has 6 heteroatoms. The maximum atomic E-state index is 12.6. The van der Waals surface area contributed by atoms with E-state index in [1.807, 2.05) is 49.4 Å². The molecule has 1 fully saturated rings. The highest BCUT2D eigenvalue weighted by Crippen LogP contribution is 2.23. The topological polar surface area (TPSA) is 54.3 Å². The largest absolute Gasteiger partial charge is 0.372 e. The van der Waals surface area contributed by atoms with E-state index in [1.165, 1.54) is 36.3 Å². The molecule has 5 nitrogen and oxygen atoms in total. The van der Waals surface area contributed by atoms with E-state index in [0.29, 0.717) is 17.8 Å². The number of aryl methyl sites for hydroxylation is 1. The summed E-state index contributed by atoms with van der Waals surface area (Å²) in [6.07, 6.45) is 3.77. The summed E-state index contributed by atoms with van der Waals surface area (Å²) in [6, 6.07) is 13.4. The average molecular weight is 382 g/mol. The third kappa shape index (κ3) is 3.62. The van der Waals surface area contributed by atoms with Crippen LogP contribution in [0.25, 0.3) is 10.2 Å². The van der Waals surface area contributed by atoms with Crippen molar-refractivity contribution in [2.45, 2.75) is 32.7 Å². The van der Waals surface area contributed by atoms with Crippen molar-refractivity contribution in [2.24, 2.45) is 0 Å². The minimum atomic E-state index is -0.137. The van der Waals surface area contributed by atoms with Crippen LogP contribution in [-0.4, -0.2) is 23.6 Å². The molecule has 2 aromatic carbocycles. The Morgan fingerprint density at radius 2 is 1.81 bits per heavy atom. The van der Waals surface area contributed by atoms with Crippen molar-refractivity contribution >= 4 is 38.8 Å². The highest BCUT2D eigenvalue weighted by atomic mass is 32.1. The summed E-state index contributed by atoms with van der Waals surface area (Å²) in [6.45, 7) is 4.78. The standard InChI is InChI=1S/C21H23N3O2S/c1-2-24-18-11-8-16(14-19(18)27-21(24)26)22-20(25)15-6-9-17(10-7-15)23-12-4-3-5-13-23/h6-11,14H,2-5,12-13H2,1H3,(H,22,25). The van der Waals surface area contributed by atoms with Crippen LogP contribution in [0.1, 0.15) is 36.5 Å². The number of benzene rings is 2. The number of hydrogen-bond acceptors (Lipinski definition) is 4. The van der Waals surface area contributed by atoms with E-state index in [9.17, 15) is 9.59 Å². The van der Waals surface area contributed by atoms with Crippen molar-refractivity contribution < 1.29 is 4.79 Å². The molecule has 3 aromatic rings. The van der Waals surface area contributed by atoms with Crippen LogP contribution in [0.5, 0.6) is 0 Å². The predicted molar refractivity (Wildman–Crippen MR) is 112 cm³/mol. The van der Waals surface area contributed by atoms with E-state index in [4.69, 9.17) is 0 Å². The molecule has 2 heterocycles. The number of aromatic nitrogens is 1. The maximum absolute atomic E-state index is 12.6. The molecule has 0 saturated carbocycles. The first kappa shape index (κ1) is 17.8. The van der Waals surface area contributed by atoms with Crippen molar-refractivity contribution in [1.82, 2.24) is 4.57 Å². The number of rotatable bonds is 4. The molecule has 1 saturated heterocycles. The van der Waals surface area contributed by atoms with E-state index < -0.39 is 0 Å². The van der Waals surface area contributed by atoms with Crippen molar-refractivity contribution in [3.63, 3.8) is 0 Å². The van der Waals surface area contributed by atoms with Gasteiger partial charge in [-0.3, -0.25) is 14.2 Å². The number of thiazole rings is 1. The molecule has 1 aliphatic rings. The highest BCUT2D eigenvalue weighted by Gasteiger charge is 2.13. The Morgan fingerprint density at radius 1 is 1.07 bits per heavy atom. The summed E-state index contributed by atoms with van der Waals surface area (Å²) in [4.78, 5) is 27.0. The fourth-order valence-electron chi connectivity index (χ4n) is 3.62. The van der Waals surface area contributed by atoms with Crippen LogP contribution in [0.15, 0.2) is 47.3 Å². The maximum Gasteiger partial charge on any atom is 0.308 e. The quantitative estimate of drug-likeness (QED) is 0.732. The van der Waals surface area contributed by atoms with E-state index in [-0.39, 0.29) is 10.8 Å². The number of anilines is 2. The lowest BCUT2D eigenvalue weighted by Gasteiger charge is -2.28. The van der Waals surface area contributed by atoms with Gasteiger partial charge >= 0.3 is 4.87 Å². The molecule has 1 aliphatic heterocycles. The number of fused-ring (bicyclic) bond motifs is 1. The second-order valence-electron chi connectivity index (χ2n) is 6.84. The normalized spacial score (nSPS) is 14.5. The van der Waals surface area contributed by atoms with Crippen LogP contribution in [0.3, 0.4) is 0 Å². The van der Waals surface area contributed by atoms with Crippen LogP contribution in [0, 0.1) is 0 Å². The third-order valence-electron chi connectivity index (χ3n) is 5.09. The van der Waals surface area contributed by atoms with Gasteiger partial charge in [-0.1, -0.05) is 11.3 Å². The smallest absolute Gasteiger partial charge is 0.308 e. The Kier molecular flexibility index (Phi) is 4.99. The zero-order valence-electron chi connectivity index (χ0n) is 15.4. The minimum absolute atomic E-state index is 0.0317. The monoisotopic (exact) mass is 381 g/mol. The lowest BCUT2D eigenvalue weighted by molar-refractivity contribution is 0.102. The summed E-state index contributed by atoms with van der Waals surface area (Å²) >= 11 is 1.21. The third-order valence-corrected chi connectivity index (χ3v) is 6.03. The summed E-state index contributed by atoms with van der Waals surface area (Å²) in [7, 11) is 0. The summed E-state index contributed by atoms with van der Waals surface area (Å²) in [5, 5.41) is 2.94. The Labute approximate surface area is 162 Å². The van der Waals surface area contributed by atoms with Crippen molar-refractivity contribution in [3.05, 3.63) is 57.7 Å². The molecular formula is C21H23N3O2S. The van der Waals surface area contributed by atoms with E-state index in [1.54, 1.807) is 4.57 Å². The molecule has 0 aliphatic carbocycles. The SMILES string of the molecule is CCn1c(=O)sc2cc(NC(=O)c3ccc(N4CCCCC4)cc3)ccc21. The first-order valence-electron chi connectivity index (χ1n) is 9.45. The molecule has 140 valence electrons. The zero-order chi connectivity index (χ0) is 18.8. The lowest BCUT2D eigenvalue weighted by Crippen LogP contribution is -2.29. The van der Waals surface area contributed by atoms with Gasteiger partial charge in [-0.2, -0.15) is 0 Å². The molecule has 0 radical (unpaired) electrons. The van der Waals surface area contributed by atoms with Crippen LogP contribution in [0.2, 0.25) is 0 Å². The summed E-state index contributed by atoms with van der Waals surface area (Å²) in [5.41, 5.74) is 3.43. The molecule has 4 rings (SSSR count). The predicted octanol–water partition coefficient (Wildman–Crippen LogP) is 4.33. The minimum Gasteiger partial charge on any atom is -0.372 e. The number of piperidine rings is 1. The van der Waals surface area contributed by atoms with Gasteiger partial charge in [0.2, 0.25) is 0 Å². The van der Waals surface area contributed by atoms with E-state index in [2.05, 4.69) is 10.2 Å². The van der Waals surface area contributed by atoms with Crippen LogP contribution < -0.4 is 15.1 Å². The number of carbonyl (C=O) groups excluding carboxylic acids is 1. The van der Waals surface area contributed by atoms with Gasteiger partial charge in [-0.05, 0) is 68.7 Å². The van der Waals surface area contributed by atoms with Gasteiger partial charge in [-0.15, -0.1) is 0 Å². The van der Waals surface area contributed by atoms with Gasteiger partial charge in [0.25, 0.3) is 5.91 Å². The van der Waals surface area contributed by atoms with Gasteiger partial charge in [0.15, 0.2) is 0 Å². The van der Waals surface area contributed by atoms with E-state index >= 15 is 0 Å². The van der Waals surface area contributed by atoms with Crippen molar-refractivity contribution in [3.8, 4) is 0 Å².